The van der Waals surface area contributed by atoms with Gasteiger partial charge in [0.15, 0.2) is 0 Å². The van der Waals surface area contributed by atoms with E-state index < -0.39 is 0 Å². The minimum Gasteiger partial charge on any atom is -0.368 e. The molecule has 5 heteroatoms. The molecule has 0 bridgehead atoms. The zero-order chi connectivity index (χ0) is 11.8. The van der Waals surface area contributed by atoms with Crippen LogP contribution >= 0.6 is 11.3 Å². The van der Waals surface area contributed by atoms with Crippen molar-refractivity contribution < 1.29 is 0 Å². The first-order chi connectivity index (χ1) is 8.24. The number of hydrogen-bond acceptors (Lipinski definition) is 5. The fourth-order valence-corrected chi connectivity index (χ4v) is 2.47. The molecule has 3 aromatic rings. The topological polar surface area (TPSA) is 64.7 Å². The number of aromatic nitrogens is 3. The molecule has 17 heavy (non-hydrogen) atoms. The maximum Gasteiger partial charge on any atom is 0.220 e. The van der Waals surface area contributed by atoms with E-state index in [4.69, 9.17) is 5.73 Å². The predicted octanol–water partition coefficient (Wildman–Crippen LogP) is 2.64. The van der Waals surface area contributed by atoms with Crippen LogP contribution < -0.4 is 5.73 Å². The van der Waals surface area contributed by atoms with Crippen LogP contribution in [0.5, 0.6) is 0 Å². The van der Waals surface area contributed by atoms with Crippen LogP contribution in [0.3, 0.4) is 0 Å². The van der Waals surface area contributed by atoms with Gasteiger partial charge >= 0.3 is 0 Å². The van der Waals surface area contributed by atoms with Gasteiger partial charge < -0.3 is 5.73 Å². The third kappa shape index (κ3) is 1.74. The fourth-order valence-electron chi connectivity index (χ4n) is 1.75. The SMILES string of the molecule is Cc1cnc(N)nc1-c1ccc2ncsc2c1. The summed E-state index contributed by atoms with van der Waals surface area (Å²) in [5.41, 5.74) is 11.4. The summed E-state index contributed by atoms with van der Waals surface area (Å²) in [6.45, 7) is 1.98. The molecule has 0 saturated heterocycles. The van der Waals surface area contributed by atoms with Crippen molar-refractivity contribution in [3.8, 4) is 11.3 Å². The van der Waals surface area contributed by atoms with E-state index in [2.05, 4.69) is 21.0 Å². The molecule has 0 atom stereocenters. The molecule has 0 aliphatic heterocycles. The Hall–Kier alpha value is -2.01. The molecule has 84 valence electrons. The summed E-state index contributed by atoms with van der Waals surface area (Å²) in [6.07, 6.45) is 1.74. The number of benzene rings is 1. The van der Waals surface area contributed by atoms with Crippen LogP contribution in [-0.2, 0) is 0 Å². The molecule has 2 aromatic heterocycles. The van der Waals surface area contributed by atoms with Crippen LogP contribution in [0.4, 0.5) is 5.95 Å². The molecule has 4 nitrogen and oxygen atoms in total. The molecule has 0 fully saturated rings. The van der Waals surface area contributed by atoms with Gasteiger partial charge in [-0.3, -0.25) is 0 Å². The lowest BCUT2D eigenvalue weighted by molar-refractivity contribution is 1.15. The monoisotopic (exact) mass is 242 g/mol. The van der Waals surface area contributed by atoms with Gasteiger partial charge in [-0.05, 0) is 24.6 Å². The van der Waals surface area contributed by atoms with Crippen molar-refractivity contribution in [1.29, 1.82) is 0 Å². The molecule has 0 radical (unpaired) electrons. The van der Waals surface area contributed by atoms with Gasteiger partial charge in [0.1, 0.15) is 0 Å². The second-order valence-electron chi connectivity index (χ2n) is 3.79. The summed E-state index contributed by atoms with van der Waals surface area (Å²) in [5, 5.41) is 0. The highest BCUT2D eigenvalue weighted by Crippen LogP contribution is 2.26. The van der Waals surface area contributed by atoms with E-state index in [1.807, 2.05) is 24.6 Å². The van der Waals surface area contributed by atoms with Crippen LogP contribution in [0.15, 0.2) is 29.9 Å². The molecule has 2 heterocycles. The van der Waals surface area contributed by atoms with Crippen LogP contribution in [0.2, 0.25) is 0 Å². The standard InChI is InChI=1S/C12H10N4S/c1-7-5-14-12(13)16-11(7)8-2-3-9-10(4-8)17-6-15-9/h2-6H,1H3,(H2,13,14,16). The Bertz CT molecular complexity index is 690. The van der Waals surface area contributed by atoms with Crippen molar-refractivity contribution in [2.75, 3.05) is 5.73 Å². The Labute approximate surface area is 102 Å². The summed E-state index contributed by atoms with van der Waals surface area (Å²) in [7, 11) is 0. The zero-order valence-electron chi connectivity index (χ0n) is 9.21. The maximum atomic E-state index is 5.63. The number of fused-ring (bicyclic) bond motifs is 1. The number of anilines is 1. The van der Waals surface area contributed by atoms with Gasteiger partial charge in [0, 0.05) is 11.8 Å². The first-order valence-electron chi connectivity index (χ1n) is 5.17. The van der Waals surface area contributed by atoms with Crippen LogP contribution in [0.1, 0.15) is 5.56 Å². The Balaban J connectivity index is 2.22. The lowest BCUT2D eigenvalue weighted by Gasteiger charge is -2.05. The average molecular weight is 242 g/mol. The largest absolute Gasteiger partial charge is 0.368 e. The van der Waals surface area contributed by atoms with Crippen LogP contribution in [0, 0.1) is 6.92 Å². The van der Waals surface area contributed by atoms with Crippen molar-refractivity contribution in [2.24, 2.45) is 0 Å². The molecule has 3 rings (SSSR count). The maximum absolute atomic E-state index is 5.63. The molecule has 0 spiro atoms. The van der Waals surface area contributed by atoms with Gasteiger partial charge in [-0.15, -0.1) is 11.3 Å². The van der Waals surface area contributed by atoms with Gasteiger partial charge in [-0.25, -0.2) is 15.0 Å². The Morgan fingerprint density at radius 2 is 2.12 bits per heavy atom. The van der Waals surface area contributed by atoms with Gasteiger partial charge in [0.05, 0.1) is 21.4 Å². The van der Waals surface area contributed by atoms with Gasteiger partial charge in [-0.2, -0.15) is 0 Å². The van der Waals surface area contributed by atoms with Crippen LogP contribution in [0.25, 0.3) is 21.5 Å². The van der Waals surface area contributed by atoms with E-state index in [0.717, 1.165) is 27.0 Å². The first kappa shape index (κ1) is 10.2. The average Bonchev–Trinajstić information content (AvgIpc) is 2.79. The molecular formula is C12H10N4S. The summed E-state index contributed by atoms with van der Waals surface area (Å²) in [4.78, 5) is 12.5. The second-order valence-corrected chi connectivity index (χ2v) is 4.68. The number of aryl methyl sites for hydroxylation is 1. The summed E-state index contributed by atoms with van der Waals surface area (Å²) < 4.78 is 1.15. The van der Waals surface area contributed by atoms with Crippen molar-refractivity contribution in [2.45, 2.75) is 6.92 Å². The second kappa shape index (κ2) is 3.78. The predicted molar refractivity (Wildman–Crippen MR) is 69.8 cm³/mol. The molecule has 0 aliphatic carbocycles. The zero-order valence-corrected chi connectivity index (χ0v) is 10.0. The van der Waals surface area contributed by atoms with E-state index in [1.54, 1.807) is 17.5 Å². The minimum atomic E-state index is 0.301. The summed E-state index contributed by atoms with van der Waals surface area (Å²) in [5.74, 6) is 0.301. The number of thiazole rings is 1. The smallest absolute Gasteiger partial charge is 0.220 e. The normalized spacial score (nSPS) is 10.9. The van der Waals surface area contributed by atoms with Gasteiger partial charge in [-0.1, -0.05) is 6.07 Å². The van der Waals surface area contributed by atoms with E-state index >= 15 is 0 Å². The highest BCUT2D eigenvalue weighted by Gasteiger charge is 2.06. The van der Waals surface area contributed by atoms with Gasteiger partial charge in [0.2, 0.25) is 5.95 Å². The van der Waals surface area contributed by atoms with Crippen molar-refractivity contribution in [3.05, 3.63) is 35.5 Å². The minimum absolute atomic E-state index is 0.301. The van der Waals surface area contributed by atoms with Crippen molar-refractivity contribution in [1.82, 2.24) is 15.0 Å². The van der Waals surface area contributed by atoms with E-state index in [1.165, 1.54) is 0 Å². The number of rotatable bonds is 1. The molecule has 0 amide bonds. The highest BCUT2D eigenvalue weighted by molar-refractivity contribution is 7.16. The molecule has 2 N–H and O–H groups in total. The number of nitrogen functional groups attached to an aromatic ring is 1. The van der Waals surface area contributed by atoms with E-state index in [9.17, 15) is 0 Å². The third-order valence-corrected chi connectivity index (χ3v) is 3.39. The lowest BCUT2D eigenvalue weighted by Crippen LogP contribution is -1.98. The van der Waals surface area contributed by atoms with E-state index in [0.29, 0.717) is 5.95 Å². The summed E-state index contributed by atoms with van der Waals surface area (Å²) in [6, 6.07) is 6.09. The Morgan fingerprint density at radius 3 is 3.00 bits per heavy atom. The molecular weight excluding hydrogens is 232 g/mol. The summed E-state index contributed by atoms with van der Waals surface area (Å²) >= 11 is 1.62. The highest BCUT2D eigenvalue weighted by atomic mass is 32.1. The Morgan fingerprint density at radius 1 is 1.24 bits per heavy atom. The lowest BCUT2D eigenvalue weighted by atomic mass is 10.1. The fraction of sp³-hybridized carbons (Fsp3) is 0.0833. The van der Waals surface area contributed by atoms with Crippen molar-refractivity contribution >= 4 is 27.5 Å². The van der Waals surface area contributed by atoms with Crippen molar-refractivity contribution in [3.63, 3.8) is 0 Å². The van der Waals surface area contributed by atoms with Crippen LogP contribution in [-0.4, -0.2) is 15.0 Å². The number of nitrogens with zero attached hydrogens (tertiary/aromatic N) is 3. The number of hydrogen-bond donors (Lipinski definition) is 1. The Kier molecular flexibility index (Phi) is 2.26. The molecule has 0 aliphatic rings. The third-order valence-electron chi connectivity index (χ3n) is 2.60. The number of nitrogens with two attached hydrogens (primary N) is 1. The van der Waals surface area contributed by atoms with Gasteiger partial charge in [0.25, 0.3) is 0 Å². The van der Waals surface area contributed by atoms with E-state index in [-0.39, 0.29) is 0 Å². The molecule has 0 saturated carbocycles. The first-order valence-corrected chi connectivity index (χ1v) is 6.05. The molecule has 1 aromatic carbocycles. The molecule has 0 unspecified atom stereocenters. The quantitative estimate of drug-likeness (QED) is 0.712.